The predicted molar refractivity (Wildman–Crippen MR) is 75.5 cm³/mol. The van der Waals surface area contributed by atoms with Crippen LogP contribution in [-0.4, -0.2) is 22.7 Å². The van der Waals surface area contributed by atoms with Gasteiger partial charge in [0, 0.05) is 23.8 Å². The van der Waals surface area contributed by atoms with Crippen molar-refractivity contribution in [1.82, 2.24) is 4.98 Å². The largest absolute Gasteiger partial charge is 0.397 e. The number of hydrogen-bond acceptors (Lipinski definition) is 4. The molecule has 0 spiro atoms. The third kappa shape index (κ3) is 2.54. The van der Waals surface area contributed by atoms with E-state index in [1.54, 1.807) is 6.20 Å². The highest BCUT2D eigenvalue weighted by molar-refractivity contribution is 5.98. The van der Waals surface area contributed by atoms with Gasteiger partial charge in [-0.15, -0.1) is 0 Å². The summed E-state index contributed by atoms with van der Waals surface area (Å²) in [6.45, 7) is 4.51. The van der Waals surface area contributed by atoms with E-state index in [4.69, 9.17) is 5.73 Å². The van der Waals surface area contributed by atoms with Crippen molar-refractivity contribution in [2.24, 2.45) is 5.92 Å². The summed E-state index contributed by atoms with van der Waals surface area (Å²) < 4.78 is 0. The Labute approximate surface area is 107 Å². The Balaban J connectivity index is 2.26. The lowest BCUT2D eigenvalue weighted by atomic mass is 10.1. The minimum atomic E-state index is -0.366. The van der Waals surface area contributed by atoms with Crippen LogP contribution >= 0.6 is 0 Å². The molecular formula is C14H19N3O. The molecule has 0 aliphatic carbocycles. The molecule has 1 aromatic carbocycles. The third-order valence-electron chi connectivity index (χ3n) is 3.07. The van der Waals surface area contributed by atoms with E-state index in [9.17, 15) is 5.11 Å². The Kier molecular flexibility index (Phi) is 3.67. The van der Waals surface area contributed by atoms with Crippen molar-refractivity contribution in [2.75, 3.05) is 17.6 Å². The van der Waals surface area contributed by atoms with Crippen molar-refractivity contribution in [3.05, 3.63) is 30.5 Å². The van der Waals surface area contributed by atoms with Crippen LogP contribution in [0, 0.1) is 5.92 Å². The first-order chi connectivity index (χ1) is 8.59. The van der Waals surface area contributed by atoms with Gasteiger partial charge < -0.3 is 16.2 Å². The zero-order valence-electron chi connectivity index (χ0n) is 10.7. The fourth-order valence-corrected chi connectivity index (χ4v) is 1.80. The first kappa shape index (κ1) is 12.6. The van der Waals surface area contributed by atoms with Crippen molar-refractivity contribution in [2.45, 2.75) is 20.0 Å². The number of pyridine rings is 1. The summed E-state index contributed by atoms with van der Waals surface area (Å²) in [5, 5.41) is 14.0. The summed E-state index contributed by atoms with van der Waals surface area (Å²) in [6, 6.07) is 7.61. The molecule has 1 atom stereocenters. The number of nitrogens with one attached hydrogen (secondary N) is 1. The van der Waals surface area contributed by atoms with Crippen LogP contribution in [0.1, 0.15) is 13.8 Å². The topological polar surface area (TPSA) is 71.2 Å². The Bertz CT molecular complexity index is 540. The molecule has 18 heavy (non-hydrogen) atoms. The molecule has 2 rings (SSSR count). The first-order valence-corrected chi connectivity index (χ1v) is 6.14. The standard InChI is InChI=1S/C14H19N3O/c1-9(2)13(18)8-17-12-6-5-11(15)14-10(12)4-3-7-16-14/h3-7,9,13,17-18H,8,15H2,1-2H3. The van der Waals surface area contributed by atoms with Crippen molar-refractivity contribution in [3.63, 3.8) is 0 Å². The lowest BCUT2D eigenvalue weighted by molar-refractivity contribution is 0.138. The molecule has 96 valence electrons. The SMILES string of the molecule is CC(C)C(O)CNc1ccc(N)c2ncccc12. The highest BCUT2D eigenvalue weighted by Crippen LogP contribution is 2.26. The molecule has 0 fully saturated rings. The first-order valence-electron chi connectivity index (χ1n) is 6.14. The number of nitrogens with zero attached hydrogens (tertiary/aromatic N) is 1. The van der Waals surface area contributed by atoms with Gasteiger partial charge in [0.05, 0.1) is 17.3 Å². The van der Waals surface area contributed by atoms with Gasteiger partial charge in [-0.25, -0.2) is 0 Å². The summed E-state index contributed by atoms with van der Waals surface area (Å²) in [4.78, 5) is 4.28. The van der Waals surface area contributed by atoms with Gasteiger partial charge in [0.1, 0.15) is 0 Å². The Morgan fingerprint density at radius 1 is 1.33 bits per heavy atom. The molecule has 1 unspecified atom stereocenters. The minimum absolute atomic E-state index is 0.232. The molecule has 1 heterocycles. The lowest BCUT2D eigenvalue weighted by Crippen LogP contribution is -2.24. The Morgan fingerprint density at radius 3 is 2.83 bits per heavy atom. The van der Waals surface area contributed by atoms with Gasteiger partial charge in [-0.1, -0.05) is 13.8 Å². The van der Waals surface area contributed by atoms with E-state index in [1.807, 2.05) is 38.1 Å². The fourth-order valence-electron chi connectivity index (χ4n) is 1.80. The number of aliphatic hydroxyl groups is 1. The van der Waals surface area contributed by atoms with Crippen LogP contribution < -0.4 is 11.1 Å². The van der Waals surface area contributed by atoms with Gasteiger partial charge in [-0.3, -0.25) is 4.98 Å². The number of aliphatic hydroxyl groups excluding tert-OH is 1. The Morgan fingerprint density at radius 2 is 2.11 bits per heavy atom. The van der Waals surface area contributed by atoms with Gasteiger partial charge in [0.15, 0.2) is 0 Å². The van der Waals surface area contributed by atoms with E-state index in [1.165, 1.54) is 0 Å². The molecule has 4 N–H and O–H groups in total. The zero-order chi connectivity index (χ0) is 13.1. The minimum Gasteiger partial charge on any atom is -0.397 e. The number of nitrogen functional groups attached to an aromatic ring is 1. The number of fused-ring (bicyclic) bond motifs is 1. The average molecular weight is 245 g/mol. The van der Waals surface area contributed by atoms with Crippen LogP contribution in [0.5, 0.6) is 0 Å². The number of nitrogens with two attached hydrogens (primary N) is 1. The number of anilines is 2. The van der Waals surface area contributed by atoms with Crippen molar-refractivity contribution in [1.29, 1.82) is 0 Å². The van der Waals surface area contributed by atoms with E-state index in [2.05, 4.69) is 10.3 Å². The molecule has 4 nitrogen and oxygen atoms in total. The second-order valence-electron chi connectivity index (χ2n) is 4.79. The van der Waals surface area contributed by atoms with E-state index in [-0.39, 0.29) is 12.0 Å². The maximum absolute atomic E-state index is 9.81. The van der Waals surface area contributed by atoms with Crippen LogP contribution in [0.15, 0.2) is 30.5 Å². The predicted octanol–water partition coefficient (Wildman–Crippen LogP) is 2.25. The van der Waals surface area contributed by atoms with E-state index in [0.717, 1.165) is 16.6 Å². The molecule has 2 aromatic rings. The molecule has 0 radical (unpaired) electrons. The summed E-state index contributed by atoms with van der Waals surface area (Å²) in [7, 11) is 0. The monoisotopic (exact) mass is 245 g/mol. The molecule has 0 saturated heterocycles. The van der Waals surface area contributed by atoms with Crippen LogP contribution in [0.4, 0.5) is 11.4 Å². The van der Waals surface area contributed by atoms with Gasteiger partial charge >= 0.3 is 0 Å². The molecule has 0 bridgehead atoms. The summed E-state index contributed by atoms with van der Waals surface area (Å²) in [6.07, 6.45) is 1.36. The highest BCUT2D eigenvalue weighted by atomic mass is 16.3. The molecule has 1 aromatic heterocycles. The van der Waals surface area contributed by atoms with E-state index in [0.29, 0.717) is 12.2 Å². The smallest absolute Gasteiger partial charge is 0.0951 e. The van der Waals surface area contributed by atoms with Crippen molar-refractivity contribution >= 4 is 22.3 Å². The average Bonchev–Trinajstić information content (AvgIpc) is 2.38. The summed E-state index contributed by atoms with van der Waals surface area (Å²) in [5.41, 5.74) is 8.30. The van der Waals surface area contributed by atoms with Crippen molar-refractivity contribution in [3.8, 4) is 0 Å². The maximum atomic E-state index is 9.81. The zero-order valence-corrected chi connectivity index (χ0v) is 10.7. The van der Waals surface area contributed by atoms with E-state index >= 15 is 0 Å². The second kappa shape index (κ2) is 5.23. The third-order valence-corrected chi connectivity index (χ3v) is 3.07. The molecule has 0 saturated carbocycles. The van der Waals surface area contributed by atoms with Gasteiger partial charge in [-0.2, -0.15) is 0 Å². The number of hydrogen-bond donors (Lipinski definition) is 3. The molecular weight excluding hydrogens is 226 g/mol. The quantitative estimate of drug-likeness (QED) is 0.722. The number of rotatable bonds is 4. The van der Waals surface area contributed by atoms with Crippen LogP contribution in [0.3, 0.4) is 0 Å². The molecule has 0 aliphatic heterocycles. The summed E-state index contributed by atoms with van der Waals surface area (Å²) >= 11 is 0. The van der Waals surface area contributed by atoms with Crippen LogP contribution in [-0.2, 0) is 0 Å². The second-order valence-corrected chi connectivity index (χ2v) is 4.79. The van der Waals surface area contributed by atoms with Gasteiger partial charge in [-0.05, 0) is 30.2 Å². The maximum Gasteiger partial charge on any atom is 0.0951 e. The molecule has 0 amide bonds. The van der Waals surface area contributed by atoms with Crippen LogP contribution in [0.25, 0.3) is 10.9 Å². The fraction of sp³-hybridized carbons (Fsp3) is 0.357. The lowest BCUT2D eigenvalue weighted by Gasteiger charge is -2.17. The van der Waals surface area contributed by atoms with Gasteiger partial charge in [0.2, 0.25) is 0 Å². The molecule has 0 aliphatic rings. The summed E-state index contributed by atoms with van der Waals surface area (Å²) in [5.74, 6) is 0.232. The molecule has 4 heteroatoms. The number of aromatic nitrogens is 1. The highest BCUT2D eigenvalue weighted by Gasteiger charge is 2.10. The van der Waals surface area contributed by atoms with Gasteiger partial charge in [0.25, 0.3) is 0 Å². The van der Waals surface area contributed by atoms with Crippen LogP contribution in [0.2, 0.25) is 0 Å². The number of benzene rings is 1. The van der Waals surface area contributed by atoms with Crippen molar-refractivity contribution < 1.29 is 5.11 Å². The van der Waals surface area contributed by atoms with E-state index < -0.39 is 0 Å². The normalized spacial score (nSPS) is 12.9. The Hall–Kier alpha value is -1.81.